The Kier molecular flexibility index (Phi) is 3.90. The average Bonchev–Trinajstić information content (AvgIpc) is 3.24. The monoisotopic (exact) mass is 380 g/mol. The van der Waals surface area contributed by atoms with Gasteiger partial charge in [-0.25, -0.2) is 18.4 Å². The fraction of sp³-hybridized carbons (Fsp3) is 0.200. The number of hydrogen-bond donors (Lipinski definition) is 2. The Morgan fingerprint density at radius 3 is 2.92 bits per heavy atom. The van der Waals surface area contributed by atoms with Crippen molar-refractivity contribution in [1.29, 1.82) is 0 Å². The van der Waals surface area contributed by atoms with Crippen LogP contribution in [0, 0.1) is 0 Å². The Balaban J connectivity index is 1.62. The number of halogens is 1. The van der Waals surface area contributed by atoms with Crippen molar-refractivity contribution in [3.8, 4) is 0 Å². The van der Waals surface area contributed by atoms with Gasteiger partial charge in [-0.1, -0.05) is 11.6 Å². The van der Waals surface area contributed by atoms with Crippen LogP contribution in [0.2, 0.25) is 5.02 Å². The van der Waals surface area contributed by atoms with Crippen molar-refractivity contribution >= 4 is 50.1 Å². The average molecular weight is 381 g/mol. The second kappa shape index (κ2) is 5.94. The first-order valence-corrected chi connectivity index (χ1v) is 10.0. The summed E-state index contributed by atoms with van der Waals surface area (Å²) in [5.41, 5.74) is 0.894. The summed E-state index contributed by atoms with van der Waals surface area (Å²) < 4.78 is 27.8. The van der Waals surface area contributed by atoms with Crippen molar-refractivity contribution in [1.82, 2.24) is 15.0 Å². The lowest BCUT2D eigenvalue weighted by molar-refractivity contribution is 0.602. The van der Waals surface area contributed by atoms with Crippen molar-refractivity contribution in [2.24, 2.45) is 0 Å². The summed E-state index contributed by atoms with van der Waals surface area (Å²) in [6, 6.07) is 5.20. The van der Waals surface area contributed by atoms with Gasteiger partial charge in [0.25, 0.3) is 10.0 Å². The third-order valence-electron chi connectivity index (χ3n) is 3.61. The molecule has 0 unspecified atom stereocenters. The molecule has 0 amide bonds. The van der Waals surface area contributed by atoms with Crippen LogP contribution in [-0.2, 0) is 10.0 Å². The number of aromatic amines is 1. The molecule has 0 spiro atoms. The van der Waals surface area contributed by atoms with Crippen molar-refractivity contribution in [3.05, 3.63) is 41.9 Å². The van der Waals surface area contributed by atoms with E-state index >= 15 is 0 Å². The number of anilines is 1. The number of hydrogen-bond acceptors (Lipinski definition) is 5. The molecule has 1 saturated carbocycles. The minimum atomic E-state index is -3.76. The Bertz CT molecular complexity index is 1020. The zero-order valence-electron chi connectivity index (χ0n) is 12.4. The van der Waals surface area contributed by atoms with Crippen LogP contribution in [-0.4, -0.2) is 28.6 Å². The van der Waals surface area contributed by atoms with Crippen LogP contribution in [0.4, 0.5) is 5.69 Å². The Morgan fingerprint density at radius 1 is 1.33 bits per heavy atom. The van der Waals surface area contributed by atoms with Gasteiger partial charge in [-0.2, -0.15) is 0 Å². The Labute approximate surface area is 148 Å². The van der Waals surface area contributed by atoms with Crippen molar-refractivity contribution < 1.29 is 8.42 Å². The first kappa shape index (κ1) is 15.7. The highest BCUT2D eigenvalue weighted by Gasteiger charge is 2.24. The summed E-state index contributed by atoms with van der Waals surface area (Å²) in [7, 11) is -3.76. The first-order chi connectivity index (χ1) is 11.5. The molecule has 9 heteroatoms. The lowest BCUT2D eigenvalue weighted by Crippen LogP contribution is -2.12. The fourth-order valence-electron chi connectivity index (χ4n) is 2.29. The van der Waals surface area contributed by atoms with E-state index in [0.717, 1.165) is 4.90 Å². The van der Waals surface area contributed by atoms with E-state index in [0.29, 0.717) is 27.0 Å². The highest BCUT2D eigenvalue weighted by Crippen LogP contribution is 2.42. The van der Waals surface area contributed by atoms with E-state index in [1.54, 1.807) is 23.9 Å². The van der Waals surface area contributed by atoms with E-state index in [1.165, 1.54) is 31.6 Å². The minimum absolute atomic E-state index is 0.102. The van der Waals surface area contributed by atoms with Gasteiger partial charge >= 0.3 is 0 Å². The first-order valence-electron chi connectivity index (χ1n) is 7.29. The van der Waals surface area contributed by atoms with Gasteiger partial charge in [0.1, 0.15) is 16.9 Å². The largest absolute Gasteiger partial charge is 0.345 e. The van der Waals surface area contributed by atoms with Crippen molar-refractivity contribution in [2.45, 2.75) is 27.9 Å². The second-order valence-electron chi connectivity index (χ2n) is 5.51. The zero-order chi connectivity index (χ0) is 16.7. The molecule has 2 N–H and O–H groups in total. The van der Waals surface area contributed by atoms with Gasteiger partial charge in [0, 0.05) is 22.5 Å². The number of nitrogens with zero attached hydrogens (tertiary/aromatic N) is 2. The molecule has 4 rings (SSSR count). The molecule has 3 aromatic rings. The maximum atomic E-state index is 12.6. The molecule has 0 saturated heterocycles. The van der Waals surface area contributed by atoms with Crippen LogP contribution in [0.1, 0.15) is 12.8 Å². The molecule has 2 aromatic heterocycles. The maximum Gasteiger partial charge on any atom is 0.264 e. The predicted octanol–water partition coefficient (Wildman–Crippen LogP) is 3.67. The van der Waals surface area contributed by atoms with Crippen LogP contribution in [0.25, 0.3) is 11.0 Å². The number of thioether (sulfide) groups is 1. The molecule has 1 aliphatic carbocycles. The molecule has 124 valence electrons. The molecule has 0 atom stereocenters. The molecule has 0 aliphatic heterocycles. The molecule has 1 aromatic carbocycles. The van der Waals surface area contributed by atoms with E-state index < -0.39 is 10.0 Å². The Hall–Kier alpha value is -1.77. The zero-order valence-corrected chi connectivity index (χ0v) is 14.7. The molecule has 24 heavy (non-hydrogen) atoms. The van der Waals surface area contributed by atoms with Gasteiger partial charge in [-0.3, -0.25) is 4.72 Å². The summed E-state index contributed by atoms with van der Waals surface area (Å²) >= 11 is 8.00. The van der Waals surface area contributed by atoms with E-state index in [9.17, 15) is 8.42 Å². The van der Waals surface area contributed by atoms with Gasteiger partial charge in [0.15, 0.2) is 0 Å². The molecule has 6 nitrogen and oxygen atoms in total. The Morgan fingerprint density at radius 2 is 2.17 bits per heavy atom. The van der Waals surface area contributed by atoms with Gasteiger partial charge in [0.2, 0.25) is 0 Å². The normalized spacial score (nSPS) is 14.9. The maximum absolute atomic E-state index is 12.6. The standard InChI is InChI=1S/C15H13ClN4O2S2/c16-12-5-9(1-4-13(12)23-10-2-3-10)20-24(21,22)14-7-18-15-11(14)6-17-8-19-15/h1,4-8,10,20H,2-3H2,(H,17,18,19). The number of sulfonamides is 1. The van der Waals surface area contributed by atoms with Crippen LogP contribution in [0.3, 0.4) is 0 Å². The number of aromatic nitrogens is 3. The number of rotatable bonds is 5. The van der Waals surface area contributed by atoms with Gasteiger partial charge in [-0.05, 0) is 31.0 Å². The van der Waals surface area contributed by atoms with E-state index in [2.05, 4.69) is 19.7 Å². The SMILES string of the molecule is O=S(=O)(Nc1ccc(SC2CC2)c(Cl)c1)c1c[nH]c2ncncc12. The molecule has 1 fully saturated rings. The fourth-order valence-corrected chi connectivity index (χ4v) is 4.86. The van der Waals surface area contributed by atoms with Gasteiger partial charge in [0.05, 0.1) is 16.1 Å². The quantitative estimate of drug-likeness (QED) is 0.705. The number of nitrogens with one attached hydrogen (secondary N) is 2. The minimum Gasteiger partial charge on any atom is -0.345 e. The summed E-state index contributed by atoms with van der Waals surface area (Å²) in [6.45, 7) is 0. The summed E-state index contributed by atoms with van der Waals surface area (Å²) in [5.74, 6) is 0. The van der Waals surface area contributed by atoms with Gasteiger partial charge in [-0.15, -0.1) is 11.8 Å². The second-order valence-corrected chi connectivity index (χ2v) is 8.91. The van der Waals surface area contributed by atoms with Gasteiger partial charge < -0.3 is 4.98 Å². The summed E-state index contributed by atoms with van der Waals surface area (Å²) in [4.78, 5) is 11.8. The van der Waals surface area contributed by atoms with E-state index in [1.807, 2.05) is 6.07 Å². The van der Waals surface area contributed by atoms with Crippen LogP contribution in [0.5, 0.6) is 0 Å². The number of H-pyrrole nitrogens is 1. The summed E-state index contributed by atoms with van der Waals surface area (Å²) in [5, 5.41) is 1.63. The molecule has 0 radical (unpaired) electrons. The van der Waals surface area contributed by atoms with E-state index in [-0.39, 0.29) is 4.90 Å². The third kappa shape index (κ3) is 3.09. The molecular weight excluding hydrogens is 368 g/mol. The molecule has 2 heterocycles. The predicted molar refractivity (Wildman–Crippen MR) is 95.0 cm³/mol. The smallest absolute Gasteiger partial charge is 0.264 e. The number of benzene rings is 1. The lowest BCUT2D eigenvalue weighted by atomic mass is 10.3. The number of fused-ring (bicyclic) bond motifs is 1. The molecular formula is C15H13ClN4O2S2. The van der Waals surface area contributed by atoms with Crippen LogP contribution < -0.4 is 4.72 Å². The lowest BCUT2D eigenvalue weighted by Gasteiger charge is -2.09. The third-order valence-corrected chi connectivity index (χ3v) is 6.87. The topological polar surface area (TPSA) is 87.7 Å². The summed E-state index contributed by atoms with van der Waals surface area (Å²) in [6.07, 6.45) is 6.64. The molecule has 0 bridgehead atoms. The van der Waals surface area contributed by atoms with Crippen LogP contribution in [0.15, 0.2) is 46.7 Å². The van der Waals surface area contributed by atoms with Crippen molar-refractivity contribution in [3.63, 3.8) is 0 Å². The van der Waals surface area contributed by atoms with E-state index in [4.69, 9.17) is 11.6 Å². The van der Waals surface area contributed by atoms with Crippen LogP contribution >= 0.6 is 23.4 Å². The highest BCUT2D eigenvalue weighted by atomic mass is 35.5. The van der Waals surface area contributed by atoms with Crippen molar-refractivity contribution in [2.75, 3.05) is 4.72 Å². The molecule has 1 aliphatic rings. The highest BCUT2D eigenvalue weighted by molar-refractivity contribution is 8.00.